The first-order chi connectivity index (χ1) is 10.1. The molecule has 0 heterocycles. The molecule has 0 aliphatic carbocycles. The fraction of sp³-hybridized carbons (Fsp3) is 0.0625. The van der Waals surface area contributed by atoms with Crippen molar-refractivity contribution >= 4 is 17.7 Å². The standard InChI is InChI=1S/C16H14N2O3/c19-16(17-12-14-4-2-1-3-5-14)11-8-13-6-9-15(10-7-13)18(20)21/h1-11H,12H2,(H,17,19)/b11-8+. The topological polar surface area (TPSA) is 72.2 Å². The second-order valence-electron chi connectivity index (χ2n) is 4.39. The molecule has 0 bridgehead atoms. The molecule has 0 fully saturated rings. The number of non-ortho nitro benzene ring substituents is 1. The molecule has 1 amide bonds. The first-order valence-corrected chi connectivity index (χ1v) is 6.39. The predicted molar refractivity (Wildman–Crippen MR) is 80.4 cm³/mol. The zero-order chi connectivity index (χ0) is 15.1. The summed E-state index contributed by atoms with van der Waals surface area (Å²) < 4.78 is 0. The Bertz CT molecular complexity index is 649. The Morgan fingerprint density at radius 3 is 2.38 bits per heavy atom. The second kappa shape index (κ2) is 7.00. The summed E-state index contributed by atoms with van der Waals surface area (Å²) in [6.45, 7) is 0.463. The van der Waals surface area contributed by atoms with Gasteiger partial charge in [-0.2, -0.15) is 0 Å². The number of nitrogens with one attached hydrogen (secondary N) is 1. The fourth-order valence-electron chi connectivity index (χ4n) is 1.72. The summed E-state index contributed by atoms with van der Waals surface area (Å²) in [5.74, 6) is -0.211. The SMILES string of the molecule is O=C(/C=C/c1ccc([N+](=O)[O-])cc1)NCc1ccccc1. The quantitative estimate of drug-likeness (QED) is 0.520. The van der Waals surface area contributed by atoms with Gasteiger partial charge in [0.1, 0.15) is 0 Å². The Labute approximate surface area is 122 Å². The number of hydrogen-bond donors (Lipinski definition) is 1. The van der Waals surface area contributed by atoms with Crippen molar-refractivity contribution in [2.45, 2.75) is 6.54 Å². The molecule has 0 spiro atoms. The number of carbonyl (C=O) groups excluding carboxylic acids is 1. The van der Waals surface area contributed by atoms with Crippen molar-refractivity contribution in [1.82, 2.24) is 5.32 Å². The summed E-state index contributed by atoms with van der Waals surface area (Å²) in [5.41, 5.74) is 1.78. The van der Waals surface area contributed by atoms with Crippen LogP contribution in [0.2, 0.25) is 0 Å². The maximum absolute atomic E-state index is 11.7. The van der Waals surface area contributed by atoms with Crippen LogP contribution < -0.4 is 5.32 Å². The van der Waals surface area contributed by atoms with E-state index in [4.69, 9.17) is 0 Å². The lowest BCUT2D eigenvalue weighted by molar-refractivity contribution is -0.384. The molecule has 106 valence electrons. The smallest absolute Gasteiger partial charge is 0.269 e. The zero-order valence-electron chi connectivity index (χ0n) is 11.2. The van der Waals surface area contributed by atoms with Gasteiger partial charge in [0.25, 0.3) is 5.69 Å². The molecule has 21 heavy (non-hydrogen) atoms. The number of rotatable bonds is 5. The monoisotopic (exact) mass is 282 g/mol. The lowest BCUT2D eigenvalue weighted by Gasteiger charge is -2.01. The average molecular weight is 282 g/mol. The normalized spacial score (nSPS) is 10.5. The van der Waals surface area contributed by atoms with Crippen molar-refractivity contribution < 1.29 is 9.72 Å². The Morgan fingerprint density at radius 2 is 1.76 bits per heavy atom. The highest BCUT2D eigenvalue weighted by Crippen LogP contribution is 2.12. The minimum absolute atomic E-state index is 0.0284. The van der Waals surface area contributed by atoms with Crippen LogP contribution in [0.25, 0.3) is 6.08 Å². The molecule has 2 aromatic carbocycles. The summed E-state index contributed by atoms with van der Waals surface area (Å²) in [5, 5.41) is 13.3. The van der Waals surface area contributed by atoms with Crippen molar-refractivity contribution in [2.24, 2.45) is 0 Å². The van der Waals surface area contributed by atoms with Crippen molar-refractivity contribution in [1.29, 1.82) is 0 Å². The van der Waals surface area contributed by atoms with Gasteiger partial charge in [0.15, 0.2) is 0 Å². The molecule has 5 heteroatoms. The van der Waals surface area contributed by atoms with Crippen LogP contribution in [0.15, 0.2) is 60.7 Å². The molecule has 0 radical (unpaired) electrons. The van der Waals surface area contributed by atoms with Crippen LogP contribution in [0.3, 0.4) is 0 Å². The van der Waals surface area contributed by atoms with E-state index in [1.165, 1.54) is 18.2 Å². The van der Waals surface area contributed by atoms with Crippen LogP contribution in [-0.2, 0) is 11.3 Å². The Balaban J connectivity index is 1.88. The van der Waals surface area contributed by atoms with Crippen LogP contribution in [0.1, 0.15) is 11.1 Å². The van der Waals surface area contributed by atoms with Gasteiger partial charge in [-0.1, -0.05) is 30.3 Å². The van der Waals surface area contributed by atoms with Gasteiger partial charge in [-0.05, 0) is 29.3 Å². The van der Waals surface area contributed by atoms with Crippen molar-refractivity contribution in [2.75, 3.05) is 0 Å². The van der Waals surface area contributed by atoms with E-state index in [9.17, 15) is 14.9 Å². The van der Waals surface area contributed by atoms with E-state index in [0.717, 1.165) is 11.1 Å². The molecule has 0 aliphatic heterocycles. The number of amides is 1. The second-order valence-corrected chi connectivity index (χ2v) is 4.39. The maximum atomic E-state index is 11.7. The van der Waals surface area contributed by atoms with Crippen LogP contribution in [0, 0.1) is 10.1 Å². The maximum Gasteiger partial charge on any atom is 0.269 e. The number of nitrogens with zero attached hydrogens (tertiary/aromatic N) is 1. The molecule has 2 rings (SSSR count). The summed E-state index contributed by atoms with van der Waals surface area (Å²) in [6.07, 6.45) is 3.02. The Hall–Kier alpha value is -2.95. The van der Waals surface area contributed by atoms with Gasteiger partial charge in [-0.25, -0.2) is 0 Å². The highest BCUT2D eigenvalue weighted by molar-refractivity contribution is 5.91. The first kappa shape index (κ1) is 14.5. The van der Waals surface area contributed by atoms with Crippen molar-refractivity contribution in [3.63, 3.8) is 0 Å². The minimum atomic E-state index is -0.458. The molecule has 2 aromatic rings. The Morgan fingerprint density at radius 1 is 1.10 bits per heavy atom. The van der Waals surface area contributed by atoms with Gasteiger partial charge in [0.2, 0.25) is 5.91 Å². The van der Waals surface area contributed by atoms with Crippen molar-refractivity contribution in [3.8, 4) is 0 Å². The molecule has 0 atom stereocenters. The molecular formula is C16H14N2O3. The van der Waals surface area contributed by atoms with E-state index in [-0.39, 0.29) is 11.6 Å². The molecule has 0 aromatic heterocycles. The van der Waals surface area contributed by atoms with Gasteiger partial charge in [0, 0.05) is 24.8 Å². The highest BCUT2D eigenvalue weighted by atomic mass is 16.6. The molecule has 1 N–H and O–H groups in total. The van der Waals surface area contributed by atoms with E-state index in [1.54, 1.807) is 18.2 Å². The summed E-state index contributed by atoms with van der Waals surface area (Å²) in [4.78, 5) is 21.7. The molecule has 0 aliphatic rings. The van der Waals surface area contributed by atoms with Crippen LogP contribution in [0.4, 0.5) is 5.69 Å². The van der Waals surface area contributed by atoms with Gasteiger partial charge in [0.05, 0.1) is 4.92 Å². The lowest BCUT2D eigenvalue weighted by atomic mass is 10.2. The molecule has 0 saturated carbocycles. The number of carbonyl (C=O) groups is 1. The van der Waals surface area contributed by atoms with Gasteiger partial charge < -0.3 is 5.32 Å². The number of nitro benzene ring substituents is 1. The molecule has 5 nitrogen and oxygen atoms in total. The predicted octanol–water partition coefficient (Wildman–Crippen LogP) is 2.92. The lowest BCUT2D eigenvalue weighted by Crippen LogP contribution is -2.20. The third-order valence-electron chi connectivity index (χ3n) is 2.84. The molecule has 0 unspecified atom stereocenters. The minimum Gasteiger partial charge on any atom is -0.348 e. The highest BCUT2D eigenvalue weighted by Gasteiger charge is 2.02. The molecule has 0 saturated heterocycles. The van der Waals surface area contributed by atoms with E-state index < -0.39 is 4.92 Å². The number of benzene rings is 2. The third-order valence-corrected chi connectivity index (χ3v) is 2.84. The van der Waals surface area contributed by atoms with Crippen LogP contribution >= 0.6 is 0 Å². The summed E-state index contributed by atoms with van der Waals surface area (Å²) in [6, 6.07) is 15.6. The third kappa shape index (κ3) is 4.58. The summed E-state index contributed by atoms with van der Waals surface area (Å²) >= 11 is 0. The van der Waals surface area contributed by atoms with Gasteiger partial charge in [-0.15, -0.1) is 0 Å². The van der Waals surface area contributed by atoms with E-state index >= 15 is 0 Å². The van der Waals surface area contributed by atoms with Gasteiger partial charge in [-0.3, -0.25) is 14.9 Å². The van der Waals surface area contributed by atoms with E-state index in [2.05, 4.69) is 5.32 Å². The Kier molecular flexibility index (Phi) is 4.82. The molecular weight excluding hydrogens is 268 g/mol. The van der Waals surface area contributed by atoms with Gasteiger partial charge >= 0.3 is 0 Å². The zero-order valence-corrected chi connectivity index (χ0v) is 11.2. The summed E-state index contributed by atoms with van der Waals surface area (Å²) in [7, 11) is 0. The van der Waals surface area contributed by atoms with E-state index in [0.29, 0.717) is 6.54 Å². The first-order valence-electron chi connectivity index (χ1n) is 6.39. The van der Waals surface area contributed by atoms with E-state index in [1.807, 2.05) is 30.3 Å². The fourth-order valence-corrected chi connectivity index (χ4v) is 1.72. The van der Waals surface area contributed by atoms with Crippen LogP contribution in [0.5, 0.6) is 0 Å². The average Bonchev–Trinajstić information content (AvgIpc) is 2.52. The number of hydrogen-bond acceptors (Lipinski definition) is 3. The number of nitro groups is 1. The largest absolute Gasteiger partial charge is 0.348 e. The van der Waals surface area contributed by atoms with Crippen molar-refractivity contribution in [3.05, 3.63) is 81.9 Å². The van der Waals surface area contributed by atoms with Crippen LogP contribution in [-0.4, -0.2) is 10.8 Å².